The molecule has 0 spiro atoms. The van der Waals surface area contributed by atoms with E-state index in [9.17, 15) is 9.59 Å². The van der Waals surface area contributed by atoms with E-state index >= 15 is 0 Å². The first-order valence-corrected chi connectivity index (χ1v) is 10.9. The van der Waals surface area contributed by atoms with Crippen LogP contribution in [0.25, 0.3) is 0 Å². The van der Waals surface area contributed by atoms with Gasteiger partial charge in [-0.3, -0.25) is 14.7 Å². The van der Waals surface area contributed by atoms with Crippen molar-refractivity contribution < 1.29 is 9.59 Å². The van der Waals surface area contributed by atoms with Gasteiger partial charge in [-0.1, -0.05) is 6.07 Å². The number of H-pyrrole nitrogens is 1. The minimum absolute atomic E-state index is 0.0589. The molecule has 1 aromatic carbocycles. The first kappa shape index (κ1) is 20.4. The molecule has 2 aromatic rings. The maximum absolute atomic E-state index is 13.3. The molecule has 2 aliphatic rings. The quantitative estimate of drug-likeness (QED) is 0.842. The summed E-state index contributed by atoms with van der Waals surface area (Å²) in [5.41, 5.74) is 3.33. The second kappa shape index (κ2) is 8.90. The van der Waals surface area contributed by atoms with E-state index in [1.54, 1.807) is 25.2 Å². The zero-order chi connectivity index (χ0) is 21.1. The lowest BCUT2D eigenvalue weighted by atomic mass is 9.92. The van der Waals surface area contributed by atoms with Crippen molar-refractivity contribution in [2.24, 2.45) is 0 Å². The predicted molar refractivity (Wildman–Crippen MR) is 117 cm³/mol. The number of hydrogen-bond donors (Lipinski definition) is 1. The molecule has 2 fully saturated rings. The van der Waals surface area contributed by atoms with E-state index in [1.807, 2.05) is 23.1 Å². The van der Waals surface area contributed by atoms with E-state index in [4.69, 9.17) is 0 Å². The van der Waals surface area contributed by atoms with Crippen molar-refractivity contribution in [1.29, 1.82) is 0 Å². The molecule has 0 radical (unpaired) electrons. The number of benzene rings is 1. The molecule has 2 saturated heterocycles. The van der Waals surface area contributed by atoms with E-state index < -0.39 is 0 Å². The zero-order valence-electron chi connectivity index (χ0n) is 17.9. The van der Waals surface area contributed by atoms with Gasteiger partial charge in [-0.25, -0.2) is 0 Å². The summed E-state index contributed by atoms with van der Waals surface area (Å²) < 4.78 is 0. The fourth-order valence-electron chi connectivity index (χ4n) is 4.59. The molecule has 2 aliphatic heterocycles. The molecular formula is C23H31N5O2. The van der Waals surface area contributed by atoms with Gasteiger partial charge >= 0.3 is 0 Å². The summed E-state index contributed by atoms with van der Waals surface area (Å²) in [6.07, 6.45) is 7.16. The van der Waals surface area contributed by atoms with Crippen LogP contribution in [0.1, 0.15) is 64.4 Å². The second-order valence-electron chi connectivity index (χ2n) is 8.59. The molecule has 7 heteroatoms. The Kier molecular flexibility index (Phi) is 6.06. The fourth-order valence-corrected chi connectivity index (χ4v) is 4.59. The number of aromatic amines is 1. The topological polar surface area (TPSA) is 72.5 Å². The van der Waals surface area contributed by atoms with Crippen molar-refractivity contribution in [3.05, 3.63) is 47.3 Å². The number of hydrogen-bond acceptors (Lipinski definition) is 4. The highest BCUT2D eigenvalue weighted by Gasteiger charge is 2.30. The Morgan fingerprint density at radius 2 is 1.90 bits per heavy atom. The number of likely N-dealkylation sites (tertiary alicyclic amines) is 1. The van der Waals surface area contributed by atoms with Crippen molar-refractivity contribution in [3.8, 4) is 0 Å². The lowest BCUT2D eigenvalue weighted by Crippen LogP contribution is -2.39. The van der Waals surface area contributed by atoms with Crippen LogP contribution in [-0.4, -0.2) is 72.1 Å². The summed E-state index contributed by atoms with van der Waals surface area (Å²) in [6, 6.07) is 8.04. The third-order valence-electron chi connectivity index (χ3n) is 6.24. The highest BCUT2D eigenvalue weighted by atomic mass is 16.2. The Bertz CT molecular complexity index is 901. The number of amides is 2. The number of piperidine rings is 2. The van der Waals surface area contributed by atoms with Gasteiger partial charge in [0.1, 0.15) is 0 Å². The Balaban J connectivity index is 1.49. The first-order chi connectivity index (χ1) is 14.5. The predicted octanol–water partition coefficient (Wildman–Crippen LogP) is 3.12. The van der Waals surface area contributed by atoms with E-state index in [0.29, 0.717) is 12.1 Å². The number of nitrogens with zero attached hydrogens (tertiary/aromatic N) is 4. The van der Waals surface area contributed by atoms with E-state index in [0.717, 1.165) is 49.4 Å². The molecule has 0 aliphatic carbocycles. The largest absolute Gasteiger partial charge is 0.372 e. The van der Waals surface area contributed by atoms with Crippen LogP contribution in [0.2, 0.25) is 0 Å². The van der Waals surface area contributed by atoms with Gasteiger partial charge in [-0.15, -0.1) is 0 Å². The van der Waals surface area contributed by atoms with Gasteiger partial charge in [-0.2, -0.15) is 5.10 Å². The van der Waals surface area contributed by atoms with E-state index in [-0.39, 0.29) is 17.7 Å². The Morgan fingerprint density at radius 3 is 2.67 bits per heavy atom. The van der Waals surface area contributed by atoms with Crippen molar-refractivity contribution in [3.63, 3.8) is 0 Å². The van der Waals surface area contributed by atoms with Crippen LogP contribution >= 0.6 is 0 Å². The number of rotatable bonds is 4. The molecule has 2 amide bonds. The first-order valence-electron chi connectivity index (χ1n) is 10.9. The number of anilines is 1. The lowest BCUT2D eigenvalue weighted by molar-refractivity contribution is 0.0705. The van der Waals surface area contributed by atoms with Crippen LogP contribution in [0.15, 0.2) is 30.5 Å². The van der Waals surface area contributed by atoms with Crippen molar-refractivity contribution >= 4 is 17.5 Å². The minimum atomic E-state index is -0.0589. The van der Waals surface area contributed by atoms with Crippen LogP contribution in [0.4, 0.5) is 5.69 Å². The summed E-state index contributed by atoms with van der Waals surface area (Å²) in [5.74, 6) is 0.101. The molecule has 1 N–H and O–H groups in total. The standard InChI is InChI=1S/C23H31N5O2/c1-26(2)23(30)20-15-24-25-21(20)18-9-7-13-28(16-18)22(29)17-8-6-10-19(14-17)27-11-4-3-5-12-27/h6,8,10,14-15,18H,3-5,7,9,11-13,16H2,1-2H3,(H,24,25)/t18-/m1/s1. The Morgan fingerprint density at radius 1 is 1.10 bits per heavy atom. The third kappa shape index (κ3) is 4.20. The summed E-state index contributed by atoms with van der Waals surface area (Å²) in [6.45, 7) is 3.47. The monoisotopic (exact) mass is 409 g/mol. The average Bonchev–Trinajstić information content (AvgIpc) is 3.28. The molecule has 0 saturated carbocycles. The van der Waals surface area contributed by atoms with Crippen molar-refractivity contribution in [2.75, 3.05) is 45.2 Å². The van der Waals surface area contributed by atoms with Crippen LogP contribution in [-0.2, 0) is 0 Å². The van der Waals surface area contributed by atoms with Crippen molar-refractivity contribution in [1.82, 2.24) is 20.0 Å². The summed E-state index contributed by atoms with van der Waals surface area (Å²) in [4.78, 5) is 31.6. The smallest absolute Gasteiger partial charge is 0.256 e. The normalized spacial score (nSPS) is 19.6. The van der Waals surface area contributed by atoms with Crippen LogP contribution in [0.5, 0.6) is 0 Å². The van der Waals surface area contributed by atoms with Crippen molar-refractivity contribution in [2.45, 2.75) is 38.0 Å². The van der Waals surface area contributed by atoms with Gasteiger partial charge in [-0.05, 0) is 50.3 Å². The van der Waals surface area contributed by atoms with Gasteiger partial charge in [0.25, 0.3) is 11.8 Å². The van der Waals surface area contributed by atoms with E-state index in [1.165, 1.54) is 19.3 Å². The molecule has 30 heavy (non-hydrogen) atoms. The van der Waals surface area contributed by atoms with E-state index in [2.05, 4.69) is 21.2 Å². The molecule has 4 rings (SSSR count). The SMILES string of the molecule is CN(C)C(=O)c1cn[nH]c1[C@@H]1CCCN(C(=O)c2cccc(N3CCCCC3)c2)C1. The summed E-state index contributed by atoms with van der Waals surface area (Å²) in [5, 5.41) is 7.13. The Labute approximate surface area is 178 Å². The minimum Gasteiger partial charge on any atom is -0.372 e. The van der Waals surface area contributed by atoms with Crippen LogP contribution < -0.4 is 4.90 Å². The van der Waals surface area contributed by atoms with Gasteiger partial charge < -0.3 is 14.7 Å². The van der Waals surface area contributed by atoms with Gasteiger partial charge in [0.2, 0.25) is 0 Å². The highest BCUT2D eigenvalue weighted by molar-refractivity contribution is 5.96. The number of nitrogens with one attached hydrogen (secondary N) is 1. The summed E-state index contributed by atoms with van der Waals surface area (Å²) in [7, 11) is 3.48. The molecule has 3 heterocycles. The molecule has 1 atom stereocenters. The fraction of sp³-hybridized carbons (Fsp3) is 0.522. The number of aromatic nitrogens is 2. The highest BCUT2D eigenvalue weighted by Crippen LogP contribution is 2.30. The van der Waals surface area contributed by atoms with Gasteiger partial charge in [0.15, 0.2) is 0 Å². The zero-order valence-corrected chi connectivity index (χ0v) is 17.9. The van der Waals surface area contributed by atoms with Gasteiger partial charge in [0.05, 0.1) is 17.5 Å². The maximum atomic E-state index is 13.3. The van der Waals surface area contributed by atoms with Crippen LogP contribution in [0, 0.1) is 0 Å². The molecule has 0 unspecified atom stereocenters. The molecule has 0 bridgehead atoms. The third-order valence-corrected chi connectivity index (χ3v) is 6.24. The molecule has 160 valence electrons. The molecule has 1 aromatic heterocycles. The molecule has 7 nitrogen and oxygen atoms in total. The average molecular weight is 410 g/mol. The Hall–Kier alpha value is -2.83. The van der Waals surface area contributed by atoms with Gasteiger partial charge in [0, 0.05) is 57.4 Å². The lowest BCUT2D eigenvalue weighted by Gasteiger charge is -2.33. The molecular weight excluding hydrogens is 378 g/mol. The summed E-state index contributed by atoms with van der Waals surface area (Å²) >= 11 is 0. The van der Waals surface area contributed by atoms with Crippen LogP contribution in [0.3, 0.4) is 0 Å². The number of carbonyl (C=O) groups excluding carboxylic acids is 2. The second-order valence-corrected chi connectivity index (χ2v) is 8.59. The maximum Gasteiger partial charge on any atom is 0.256 e. The number of carbonyl (C=O) groups is 2.